The molecule has 0 aromatic heterocycles. The first-order valence-corrected chi connectivity index (χ1v) is 4.71. The lowest BCUT2D eigenvalue weighted by atomic mass is 10.3. The van der Waals surface area contributed by atoms with E-state index in [0.29, 0.717) is 0 Å². The molecule has 0 amide bonds. The molecular weight excluding hydrogens is 192 g/mol. The van der Waals surface area contributed by atoms with Gasteiger partial charge in [0.05, 0.1) is 18.2 Å². The van der Waals surface area contributed by atoms with Crippen LogP contribution in [0.1, 0.15) is 6.42 Å². The van der Waals surface area contributed by atoms with Gasteiger partial charge in [-0.2, -0.15) is 20.9 Å². The van der Waals surface area contributed by atoms with E-state index in [2.05, 4.69) is 12.1 Å². The van der Waals surface area contributed by atoms with E-state index in [1.54, 1.807) is 15.1 Å². The Morgan fingerprint density at radius 2 is 1.27 bits per heavy atom. The summed E-state index contributed by atoms with van der Waals surface area (Å²) < 4.78 is 0. The van der Waals surface area contributed by atoms with Crippen LogP contribution in [0, 0.1) is 34.0 Å². The normalized spacial score (nSPS) is 19.0. The quantitative estimate of drug-likeness (QED) is 0.587. The smallest absolute Gasteiger partial charge is 0.116 e. The lowest BCUT2D eigenvalue weighted by Crippen LogP contribution is -2.58. The van der Waals surface area contributed by atoms with Crippen LogP contribution in [0.15, 0.2) is 0 Å². The Bertz CT molecular complexity index is 295. The average molecular weight is 204 g/mol. The lowest BCUT2D eigenvalue weighted by Gasteiger charge is -2.42. The van der Waals surface area contributed by atoms with E-state index in [4.69, 9.17) is 15.8 Å². The molecule has 0 radical (unpaired) electrons. The third-order valence-corrected chi connectivity index (χ3v) is 2.20. The number of nitrogens with zero attached hydrogens (tertiary/aromatic N) is 6. The summed E-state index contributed by atoms with van der Waals surface area (Å²) in [4.78, 5) is 0. The van der Waals surface area contributed by atoms with Crippen molar-refractivity contribution in [2.75, 3.05) is 32.7 Å². The minimum absolute atomic E-state index is 0.184. The molecule has 0 spiro atoms. The Hall–Kier alpha value is -1.65. The summed E-state index contributed by atoms with van der Waals surface area (Å²) in [6.45, 7) is 2.21. The highest BCUT2D eigenvalue weighted by Crippen LogP contribution is 2.11. The van der Waals surface area contributed by atoms with Crippen molar-refractivity contribution < 1.29 is 0 Å². The molecule has 1 aliphatic rings. The molecule has 0 saturated carbocycles. The topological polar surface area (TPSA) is 81.1 Å². The number of rotatable bonds is 3. The number of nitriles is 3. The molecule has 1 heterocycles. The maximum Gasteiger partial charge on any atom is 0.116 e. The molecule has 1 aliphatic heterocycles. The van der Waals surface area contributed by atoms with Crippen molar-refractivity contribution in [3.05, 3.63) is 0 Å². The lowest BCUT2D eigenvalue weighted by molar-refractivity contribution is -0.191. The molecule has 0 N–H and O–H groups in total. The van der Waals surface area contributed by atoms with Gasteiger partial charge in [0.2, 0.25) is 0 Å². The van der Waals surface area contributed by atoms with Crippen LogP contribution in [0.2, 0.25) is 0 Å². The monoisotopic (exact) mass is 204 g/mol. The van der Waals surface area contributed by atoms with Gasteiger partial charge in [0.1, 0.15) is 19.6 Å². The molecule has 15 heavy (non-hydrogen) atoms. The van der Waals surface area contributed by atoms with Crippen molar-refractivity contribution in [1.82, 2.24) is 15.1 Å². The van der Waals surface area contributed by atoms with Crippen LogP contribution < -0.4 is 0 Å². The highest BCUT2D eigenvalue weighted by Gasteiger charge is 2.25. The van der Waals surface area contributed by atoms with E-state index in [9.17, 15) is 0 Å². The van der Waals surface area contributed by atoms with Crippen LogP contribution in [0.5, 0.6) is 0 Å². The van der Waals surface area contributed by atoms with Gasteiger partial charge < -0.3 is 0 Å². The molecule has 0 bridgehead atoms. The van der Waals surface area contributed by atoms with Crippen LogP contribution in [-0.4, -0.2) is 47.9 Å². The molecule has 0 atom stereocenters. The molecule has 78 valence electrons. The van der Waals surface area contributed by atoms with Gasteiger partial charge in [0.15, 0.2) is 0 Å². The second kappa shape index (κ2) is 5.95. The second-order valence-corrected chi connectivity index (χ2v) is 3.13. The Kier molecular flexibility index (Phi) is 4.53. The summed E-state index contributed by atoms with van der Waals surface area (Å²) in [7, 11) is 0. The summed E-state index contributed by atoms with van der Waals surface area (Å²) in [5.74, 6) is 0. The molecule has 6 nitrogen and oxygen atoms in total. The molecule has 0 aliphatic carbocycles. The number of hydrazine groups is 2. The first-order valence-electron chi connectivity index (χ1n) is 4.71. The van der Waals surface area contributed by atoms with Gasteiger partial charge in [-0.1, -0.05) is 0 Å². The maximum absolute atomic E-state index is 8.68. The van der Waals surface area contributed by atoms with E-state index >= 15 is 0 Å². The van der Waals surface area contributed by atoms with E-state index < -0.39 is 0 Å². The van der Waals surface area contributed by atoms with Crippen LogP contribution in [-0.2, 0) is 0 Å². The minimum Gasteiger partial charge on any atom is -0.213 e. The summed E-state index contributed by atoms with van der Waals surface area (Å²) in [5.41, 5.74) is 0. The third-order valence-electron chi connectivity index (χ3n) is 2.20. The predicted molar refractivity (Wildman–Crippen MR) is 51.3 cm³/mol. The molecule has 6 heteroatoms. The van der Waals surface area contributed by atoms with Gasteiger partial charge in [-0.3, -0.25) is 0 Å². The van der Waals surface area contributed by atoms with Gasteiger partial charge in [0.25, 0.3) is 0 Å². The Labute approximate surface area is 89.1 Å². The van der Waals surface area contributed by atoms with Crippen molar-refractivity contribution in [3.8, 4) is 18.2 Å². The second-order valence-electron chi connectivity index (χ2n) is 3.13. The standard InChI is InChI=1S/C9H12N6/c10-2-7-13-5-1-6-14(8-3-11)15(13)9-4-12/h1,5-9H2. The molecule has 0 unspecified atom stereocenters. The fourth-order valence-electron chi connectivity index (χ4n) is 1.59. The highest BCUT2D eigenvalue weighted by atomic mass is 15.9. The van der Waals surface area contributed by atoms with E-state index in [0.717, 1.165) is 19.5 Å². The number of hydrogen-bond acceptors (Lipinski definition) is 6. The first-order chi connectivity index (χ1) is 7.33. The highest BCUT2D eigenvalue weighted by molar-refractivity contribution is 4.85. The van der Waals surface area contributed by atoms with Gasteiger partial charge in [-0.15, -0.1) is 0 Å². The summed E-state index contributed by atoms with van der Waals surface area (Å²) in [5, 5.41) is 31.2. The SMILES string of the molecule is N#CCN1CCCN(CC#N)N1CC#N. The Balaban J connectivity index is 2.68. The van der Waals surface area contributed by atoms with Crippen molar-refractivity contribution in [2.45, 2.75) is 6.42 Å². The van der Waals surface area contributed by atoms with Gasteiger partial charge in [0, 0.05) is 13.1 Å². The average Bonchev–Trinajstić information content (AvgIpc) is 2.23. The Morgan fingerprint density at radius 3 is 1.67 bits per heavy atom. The fourth-order valence-corrected chi connectivity index (χ4v) is 1.59. The van der Waals surface area contributed by atoms with E-state index in [1.807, 2.05) is 6.07 Å². The minimum atomic E-state index is 0.184. The van der Waals surface area contributed by atoms with E-state index in [1.165, 1.54) is 0 Å². The van der Waals surface area contributed by atoms with Gasteiger partial charge in [-0.05, 0) is 6.42 Å². The number of hydrogen-bond donors (Lipinski definition) is 0. The van der Waals surface area contributed by atoms with E-state index in [-0.39, 0.29) is 19.6 Å². The first kappa shape index (κ1) is 11.4. The van der Waals surface area contributed by atoms with Crippen molar-refractivity contribution in [3.63, 3.8) is 0 Å². The summed E-state index contributed by atoms with van der Waals surface area (Å²) in [6, 6.07) is 6.15. The molecule has 0 aromatic carbocycles. The summed E-state index contributed by atoms with van der Waals surface area (Å²) >= 11 is 0. The van der Waals surface area contributed by atoms with Crippen molar-refractivity contribution >= 4 is 0 Å². The summed E-state index contributed by atoms with van der Waals surface area (Å²) in [6.07, 6.45) is 0.908. The van der Waals surface area contributed by atoms with Crippen LogP contribution in [0.3, 0.4) is 0 Å². The zero-order chi connectivity index (χ0) is 11.1. The molecule has 1 fully saturated rings. The van der Waals surface area contributed by atoms with Crippen LogP contribution >= 0.6 is 0 Å². The third kappa shape index (κ3) is 2.90. The largest absolute Gasteiger partial charge is 0.213 e. The molecule has 1 rings (SSSR count). The van der Waals surface area contributed by atoms with Gasteiger partial charge in [-0.25, -0.2) is 10.0 Å². The van der Waals surface area contributed by atoms with Crippen LogP contribution in [0.25, 0.3) is 0 Å². The molecular formula is C9H12N6. The molecule has 0 aromatic rings. The maximum atomic E-state index is 8.68. The Morgan fingerprint density at radius 1 is 0.800 bits per heavy atom. The molecule has 1 saturated heterocycles. The fraction of sp³-hybridized carbons (Fsp3) is 0.667. The predicted octanol–water partition coefficient (Wildman–Crippen LogP) is -0.303. The van der Waals surface area contributed by atoms with Crippen molar-refractivity contribution in [2.24, 2.45) is 0 Å². The van der Waals surface area contributed by atoms with Crippen molar-refractivity contribution in [1.29, 1.82) is 15.8 Å². The van der Waals surface area contributed by atoms with Crippen LogP contribution in [0.4, 0.5) is 0 Å². The van der Waals surface area contributed by atoms with Gasteiger partial charge >= 0.3 is 0 Å². The zero-order valence-electron chi connectivity index (χ0n) is 8.43. The zero-order valence-corrected chi connectivity index (χ0v) is 8.43.